The molecule has 0 bridgehead atoms. The molecule has 1 N–H and O–H groups in total. The summed E-state index contributed by atoms with van der Waals surface area (Å²) >= 11 is 0. The molecule has 0 fully saturated rings. The van der Waals surface area contributed by atoms with E-state index in [4.69, 9.17) is 4.74 Å². The number of methoxy groups -OCH3 is 1. The van der Waals surface area contributed by atoms with Crippen LogP contribution >= 0.6 is 0 Å². The van der Waals surface area contributed by atoms with E-state index in [0.717, 1.165) is 5.69 Å². The first-order chi connectivity index (χ1) is 12.9. The number of anilines is 1. The zero-order valence-corrected chi connectivity index (χ0v) is 16.7. The molecule has 0 radical (unpaired) electrons. The molecule has 1 unspecified atom stereocenters. The van der Waals surface area contributed by atoms with Crippen molar-refractivity contribution in [2.45, 2.75) is 46.5 Å². The maximum atomic E-state index is 12.2. The van der Waals surface area contributed by atoms with E-state index >= 15 is 0 Å². The first kappa shape index (κ1) is 20.7. The number of ether oxygens (including phenoxy) is 1. The fraction of sp³-hybridized carbons (Fsp3) is 0.391. The molecule has 2 aromatic carbocycles. The van der Waals surface area contributed by atoms with E-state index in [9.17, 15) is 9.59 Å². The Morgan fingerprint density at radius 2 is 1.67 bits per heavy atom. The van der Waals surface area contributed by atoms with Crippen molar-refractivity contribution < 1.29 is 14.3 Å². The minimum Gasteiger partial charge on any atom is -0.469 e. The summed E-state index contributed by atoms with van der Waals surface area (Å²) < 4.78 is 5.00. The SMILES string of the molecule is COC(=O)C(CCCC(=O)Nc1ccccc1)Cc1c(C)cc(C)cc1C. The third-order valence-corrected chi connectivity index (χ3v) is 4.84. The minimum atomic E-state index is -0.236. The normalized spacial score (nSPS) is 11.7. The lowest BCUT2D eigenvalue weighted by atomic mass is 9.88. The van der Waals surface area contributed by atoms with Gasteiger partial charge in [0.15, 0.2) is 0 Å². The van der Waals surface area contributed by atoms with Gasteiger partial charge in [-0.15, -0.1) is 0 Å². The fourth-order valence-corrected chi connectivity index (χ4v) is 3.50. The van der Waals surface area contributed by atoms with Gasteiger partial charge in [0.25, 0.3) is 0 Å². The highest BCUT2D eigenvalue weighted by Gasteiger charge is 2.21. The summed E-state index contributed by atoms with van der Waals surface area (Å²) in [6, 6.07) is 13.7. The molecule has 27 heavy (non-hydrogen) atoms. The van der Waals surface area contributed by atoms with Gasteiger partial charge in [0.2, 0.25) is 5.91 Å². The van der Waals surface area contributed by atoms with Crippen molar-refractivity contribution in [1.29, 1.82) is 0 Å². The molecule has 0 aliphatic rings. The van der Waals surface area contributed by atoms with Crippen LogP contribution in [0.2, 0.25) is 0 Å². The molecule has 144 valence electrons. The van der Waals surface area contributed by atoms with Crippen LogP contribution in [-0.2, 0) is 20.7 Å². The molecule has 4 heteroatoms. The van der Waals surface area contributed by atoms with E-state index in [2.05, 4.69) is 38.2 Å². The Morgan fingerprint density at radius 1 is 1.04 bits per heavy atom. The Kier molecular flexibility index (Phi) is 7.59. The predicted octanol–water partition coefficient (Wildman–Crippen LogP) is 4.75. The summed E-state index contributed by atoms with van der Waals surface area (Å²) in [5.41, 5.74) is 5.61. The molecular weight excluding hydrogens is 338 g/mol. The number of aryl methyl sites for hydroxylation is 3. The number of benzene rings is 2. The van der Waals surface area contributed by atoms with Gasteiger partial charge in [0, 0.05) is 12.1 Å². The van der Waals surface area contributed by atoms with Crippen LogP contribution in [0.25, 0.3) is 0 Å². The zero-order valence-electron chi connectivity index (χ0n) is 16.7. The molecule has 0 heterocycles. The topological polar surface area (TPSA) is 55.4 Å². The van der Waals surface area contributed by atoms with Gasteiger partial charge in [0.1, 0.15) is 0 Å². The van der Waals surface area contributed by atoms with Crippen molar-refractivity contribution in [2.24, 2.45) is 5.92 Å². The second-order valence-electron chi connectivity index (χ2n) is 7.11. The molecule has 2 rings (SSSR count). The second kappa shape index (κ2) is 9.91. The molecule has 0 aliphatic carbocycles. The van der Waals surface area contributed by atoms with E-state index in [0.29, 0.717) is 25.7 Å². The monoisotopic (exact) mass is 367 g/mol. The van der Waals surface area contributed by atoms with Crippen molar-refractivity contribution in [3.63, 3.8) is 0 Å². The highest BCUT2D eigenvalue weighted by Crippen LogP contribution is 2.23. The molecule has 0 spiro atoms. The third kappa shape index (κ3) is 6.24. The molecule has 4 nitrogen and oxygen atoms in total. The van der Waals surface area contributed by atoms with Gasteiger partial charge in [-0.3, -0.25) is 9.59 Å². The highest BCUT2D eigenvalue weighted by atomic mass is 16.5. The second-order valence-corrected chi connectivity index (χ2v) is 7.11. The molecule has 1 amide bonds. The summed E-state index contributed by atoms with van der Waals surface area (Å²) in [6.07, 6.45) is 2.29. The van der Waals surface area contributed by atoms with Crippen molar-refractivity contribution in [3.8, 4) is 0 Å². The van der Waals surface area contributed by atoms with Gasteiger partial charge < -0.3 is 10.1 Å². The van der Waals surface area contributed by atoms with E-state index in [-0.39, 0.29) is 17.8 Å². The fourth-order valence-electron chi connectivity index (χ4n) is 3.50. The summed E-state index contributed by atoms with van der Waals surface area (Å²) in [7, 11) is 1.42. The van der Waals surface area contributed by atoms with Crippen LogP contribution < -0.4 is 5.32 Å². The van der Waals surface area contributed by atoms with Gasteiger partial charge in [-0.05, 0) is 68.9 Å². The quantitative estimate of drug-likeness (QED) is 0.685. The maximum Gasteiger partial charge on any atom is 0.308 e. The van der Waals surface area contributed by atoms with Crippen molar-refractivity contribution in [3.05, 3.63) is 64.7 Å². The first-order valence-electron chi connectivity index (χ1n) is 9.40. The van der Waals surface area contributed by atoms with Gasteiger partial charge in [-0.2, -0.15) is 0 Å². The van der Waals surface area contributed by atoms with Crippen molar-refractivity contribution in [2.75, 3.05) is 12.4 Å². The standard InChI is InChI=1S/C23H29NO3/c1-16-13-17(2)21(18(3)14-16)15-19(23(26)27-4)9-8-12-22(25)24-20-10-6-5-7-11-20/h5-7,10-11,13-14,19H,8-9,12,15H2,1-4H3,(H,24,25). The summed E-state index contributed by atoms with van der Waals surface area (Å²) in [4.78, 5) is 24.4. The molecule has 2 aromatic rings. The van der Waals surface area contributed by atoms with Crippen LogP contribution in [0, 0.1) is 26.7 Å². The number of hydrogen-bond acceptors (Lipinski definition) is 3. The van der Waals surface area contributed by atoms with Crippen molar-refractivity contribution >= 4 is 17.6 Å². The predicted molar refractivity (Wildman–Crippen MR) is 109 cm³/mol. The average molecular weight is 367 g/mol. The number of amides is 1. The molecule has 1 atom stereocenters. The van der Waals surface area contributed by atoms with E-state index in [1.807, 2.05) is 30.3 Å². The number of esters is 1. The largest absolute Gasteiger partial charge is 0.469 e. The zero-order chi connectivity index (χ0) is 19.8. The van der Waals surface area contributed by atoms with E-state index < -0.39 is 0 Å². The third-order valence-electron chi connectivity index (χ3n) is 4.84. The van der Waals surface area contributed by atoms with Crippen LogP contribution in [0.5, 0.6) is 0 Å². The van der Waals surface area contributed by atoms with Gasteiger partial charge in [-0.1, -0.05) is 35.9 Å². The molecular formula is C23H29NO3. The molecule has 0 aliphatic heterocycles. The number of hydrogen-bond donors (Lipinski definition) is 1. The number of carbonyl (C=O) groups excluding carboxylic acids is 2. The van der Waals surface area contributed by atoms with Crippen LogP contribution in [0.15, 0.2) is 42.5 Å². The number of rotatable bonds is 8. The Hall–Kier alpha value is -2.62. The summed E-state index contributed by atoms with van der Waals surface area (Å²) in [6.45, 7) is 6.24. The van der Waals surface area contributed by atoms with Crippen LogP contribution in [0.4, 0.5) is 5.69 Å². The Morgan fingerprint density at radius 3 is 2.26 bits per heavy atom. The molecule has 0 saturated carbocycles. The lowest BCUT2D eigenvalue weighted by Gasteiger charge is -2.18. The van der Waals surface area contributed by atoms with Crippen LogP contribution in [0.3, 0.4) is 0 Å². The van der Waals surface area contributed by atoms with Gasteiger partial charge in [0.05, 0.1) is 13.0 Å². The molecule has 0 saturated heterocycles. The Bertz CT molecular complexity index is 760. The van der Waals surface area contributed by atoms with E-state index in [1.54, 1.807) is 0 Å². The van der Waals surface area contributed by atoms with Crippen LogP contribution in [0.1, 0.15) is 41.5 Å². The number of carbonyl (C=O) groups is 2. The number of nitrogens with one attached hydrogen (secondary N) is 1. The number of para-hydroxylation sites is 1. The highest BCUT2D eigenvalue weighted by molar-refractivity contribution is 5.90. The van der Waals surface area contributed by atoms with E-state index in [1.165, 1.54) is 29.4 Å². The molecule has 0 aromatic heterocycles. The Labute approximate surface area is 161 Å². The van der Waals surface area contributed by atoms with Crippen LogP contribution in [-0.4, -0.2) is 19.0 Å². The summed E-state index contributed by atoms with van der Waals surface area (Å²) in [5, 5.41) is 2.88. The summed E-state index contributed by atoms with van der Waals surface area (Å²) in [5.74, 6) is -0.481. The lowest BCUT2D eigenvalue weighted by molar-refractivity contribution is -0.145. The smallest absolute Gasteiger partial charge is 0.308 e. The lowest BCUT2D eigenvalue weighted by Crippen LogP contribution is -2.21. The van der Waals surface area contributed by atoms with Gasteiger partial charge in [-0.25, -0.2) is 0 Å². The average Bonchev–Trinajstić information content (AvgIpc) is 2.63. The minimum absolute atomic E-state index is 0.0347. The van der Waals surface area contributed by atoms with Gasteiger partial charge >= 0.3 is 5.97 Å². The van der Waals surface area contributed by atoms with Crippen molar-refractivity contribution in [1.82, 2.24) is 0 Å². The Balaban J connectivity index is 1.95. The maximum absolute atomic E-state index is 12.2. The first-order valence-corrected chi connectivity index (χ1v) is 9.40.